The number of benzene rings is 3. The Hall–Kier alpha value is -2.69. The number of sulfonamides is 1. The summed E-state index contributed by atoms with van der Waals surface area (Å²) >= 11 is 18.5. The van der Waals surface area contributed by atoms with Crippen LogP contribution in [0.25, 0.3) is 0 Å². The fraction of sp³-hybridized carbons (Fsp3) is 0.136. The molecule has 0 spiro atoms. The molecule has 0 saturated heterocycles. The largest absolute Gasteiger partial charge is 0.270 e. The van der Waals surface area contributed by atoms with Crippen molar-refractivity contribution < 1.29 is 13.3 Å². The smallest absolute Gasteiger partial charge is 0.258 e. The standard InChI is InChI=1S/C22H17Cl3N4O4S/c23-15-6-4-14(5-7-15)22-11-17(27-28(22)21-9-8-16(24)10-20(21)25)13-26-34(32,33)19-3-1-2-18(12-19)29(30)31/h1-10,12,22,26H,11,13H2/t22-/m1/s1. The van der Waals surface area contributed by atoms with E-state index in [1.165, 1.54) is 18.2 Å². The number of non-ortho nitro benzene ring substituents is 1. The maximum absolute atomic E-state index is 12.7. The molecular formula is C22H17Cl3N4O4S. The first-order valence-corrected chi connectivity index (χ1v) is 12.6. The zero-order valence-corrected chi connectivity index (χ0v) is 20.4. The summed E-state index contributed by atoms with van der Waals surface area (Å²) in [6, 6.07) is 16.9. The normalized spacial score (nSPS) is 15.9. The molecule has 0 saturated carbocycles. The Balaban J connectivity index is 1.61. The minimum Gasteiger partial charge on any atom is -0.258 e. The zero-order chi connectivity index (χ0) is 24.5. The average Bonchev–Trinajstić information content (AvgIpc) is 3.22. The Labute approximate surface area is 210 Å². The molecule has 3 aromatic rings. The van der Waals surface area contributed by atoms with E-state index in [0.29, 0.717) is 32.9 Å². The quantitative estimate of drug-likeness (QED) is 0.300. The number of nitro benzene ring substituents is 1. The van der Waals surface area contributed by atoms with Gasteiger partial charge in [-0.2, -0.15) is 5.10 Å². The van der Waals surface area contributed by atoms with Gasteiger partial charge in [-0.15, -0.1) is 0 Å². The minimum absolute atomic E-state index is 0.0865. The van der Waals surface area contributed by atoms with Crippen molar-refractivity contribution in [2.45, 2.75) is 17.4 Å². The van der Waals surface area contributed by atoms with Gasteiger partial charge in [-0.3, -0.25) is 15.1 Å². The van der Waals surface area contributed by atoms with Crippen LogP contribution < -0.4 is 9.73 Å². The summed E-state index contributed by atoms with van der Waals surface area (Å²) in [5, 5.41) is 18.8. The highest BCUT2D eigenvalue weighted by atomic mass is 35.5. The van der Waals surface area contributed by atoms with Gasteiger partial charge in [0.15, 0.2) is 0 Å². The van der Waals surface area contributed by atoms with Crippen molar-refractivity contribution in [3.05, 3.63) is 97.5 Å². The van der Waals surface area contributed by atoms with Gasteiger partial charge in [0.2, 0.25) is 10.0 Å². The van der Waals surface area contributed by atoms with E-state index in [-0.39, 0.29) is 23.2 Å². The van der Waals surface area contributed by atoms with Crippen molar-refractivity contribution in [3.63, 3.8) is 0 Å². The van der Waals surface area contributed by atoms with Crippen molar-refractivity contribution in [2.24, 2.45) is 5.10 Å². The summed E-state index contributed by atoms with van der Waals surface area (Å²) < 4.78 is 28.0. The summed E-state index contributed by atoms with van der Waals surface area (Å²) in [5.74, 6) is 0. The first kappa shape index (κ1) is 24.4. The number of nitrogens with one attached hydrogen (secondary N) is 1. The summed E-state index contributed by atoms with van der Waals surface area (Å²) in [7, 11) is -4.00. The lowest BCUT2D eigenvalue weighted by Crippen LogP contribution is -2.29. The molecule has 3 aromatic carbocycles. The molecule has 1 aliphatic heterocycles. The van der Waals surface area contributed by atoms with Crippen LogP contribution in [0.15, 0.2) is 76.7 Å². The molecule has 12 heteroatoms. The number of anilines is 1. The van der Waals surface area contributed by atoms with Crippen LogP contribution in [0, 0.1) is 10.1 Å². The van der Waals surface area contributed by atoms with E-state index in [2.05, 4.69) is 9.82 Å². The topological polar surface area (TPSA) is 105 Å². The molecule has 1 atom stereocenters. The number of hydrogen-bond acceptors (Lipinski definition) is 6. The number of nitro groups is 1. The van der Waals surface area contributed by atoms with Gasteiger partial charge in [-0.25, -0.2) is 13.1 Å². The Morgan fingerprint density at radius 1 is 1.03 bits per heavy atom. The second-order valence-corrected chi connectivity index (χ2v) is 10.5. The van der Waals surface area contributed by atoms with Crippen LogP contribution in [-0.2, 0) is 10.0 Å². The maximum atomic E-state index is 12.7. The fourth-order valence-corrected chi connectivity index (χ4v) is 5.22. The molecular weight excluding hydrogens is 523 g/mol. The summed E-state index contributed by atoms with van der Waals surface area (Å²) in [4.78, 5) is 10.1. The van der Waals surface area contributed by atoms with E-state index in [4.69, 9.17) is 34.8 Å². The van der Waals surface area contributed by atoms with Crippen LogP contribution in [0.4, 0.5) is 11.4 Å². The Bertz CT molecular complexity index is 1380. The molecule has 4 rings (SSSR count). The Morgan fingerprint density at radius 2 is 1.74 bits per heavy atom. The van der Waals surface area contributed by atoms with E-state index < -0.39 is 14.9 Å². The molecule has 0 bridgehead atoms. The van der Waals surface area contributed by atoms with Crippen molar-refractivity contribution in [2.75, 3.05) is 11.6 Å². The van der Waals surface area contributed by atoms with Gasteiger partial charge in [0.05, 0.1) is 38.8 Å². The second-order valence-electron chi connectivity index (χ2n) is 7.46. The Kier molecular flexibility index (Phi) is 7.11. The van der Waals surface area contributed by atoms with E-state index in [0.717, 1.165) is 11.6 Å². The molecule has 0 amide bonds. The van der Waals surface area contributed by atoms with E-state index in [9.17, 15) is 18.5 Å². The Morgan fingerprint density at radius 3 is 2.41 bits per heavy atom. The van der Waals surface area contributed by atoms with Crippen LogP contribution in [0.1, 0.15) is 18.0 Å². The fourth-order valence-electron chi connectivity index (χ4n) is 3.54. The van der Waals surface area contributed by atoms with Crippen LogP contribution in [0.3, 0.4) is 0 Å². The molecule has 0 aliphatic carbocycles. The van der Waals surface area contributed by atoms with Gasteiger partial charge in [-0.05, 0) is 42.0 Å². The van der Waals surface area contributed by atoms with Gasteiger partial charge in [0.1, 0.15) is 0 Å². The van der Waals surface area contributed by atoms with Gasteiger partial charge < -0.3 is 0 Å². The number of nitrogens with zero attached hydrogens (tertiary/aromatic N) is 3. The van der Waals surface area contributed by atoms with Gasteiger partial charge in [-0.1, -0.05) is 53.0 Å². The number of rotatable bonds is 7. The van der Waals surface area contributed by atoms with E-state index in [1.54, 1.807) is 35.3 Å². The summed E-state index contributed by atoms with van der Waals surface area (Å²) in [6.07, 6.45) is 0.415. The molecule has 0 aromatic heterocycles. The van der Waals surface area contributed by atoms with Crippen LogP contribution >= 0.6 is 34.8 Å². The molecule has 1 aliphatic rings. The van der Waals surface area contributed by atoms with Crippen LogP contribution in [0.2, 0.25) is 15.1 Å². The molecule has 1 heterocycles. The van der Waals surface area contributed by atoms with Crippen LogP contribution in [0.5, 0.6) is 0 Å². The lowest BCUT2D eigenvalue weighted by molar-refractivity contribution is -0.385. The molecule has 8 nitrogen and oxygen atoms in total. The highest BCUT2D eigenvalue weighted by Crippen LogP contribution is 2.39. The number of halogens is 3. The van der Waals surface area contributed by atoms with Gasteiger partial charge >= 0.3 is 0 Å². The third-order valence-electron chi connectivity index (χ3n) is 5.19. The number of hydrazone groups is 1. The molecule has 0 fully saturated rings. The lowest BCUT2D eigenvalue weighted by atomic mass is 10.0. The third-order valence-corrected chi connectivity index (χ3v) is 7.38. The molecule has 0 radical (unpaired) electrons. The van der Waals surface area contributed by atoms with Gasteiger partial charge in [0.25, 0.3) is 5.69 Å². The number of hydrogen-bond donors (Lipinski definition) is 1. The SMILES string of the molecule is O=[N+]([O-])c1cccc(S(=O)(=O)NCC2=NN(c3ccc(Cl)cc3Cl)[C@@H](c3ccc(Cl)cc3)C2)c1. The van der Waals surface area contributed by atoms with E-state index in [1.807, 2.05) is 12.1 Å². The average molecular weight is 540 g/mol. The monoisotopic (exact) mass is 538 g/mol. The summed E-state index contributed by atoms with van der Waals surface area (Å²) in [6.45, 7) is -0.0865. The van der Waals surface area contributed by atoms with Crippen molar-refractivity contribution in [1.82, 2.24) is 4.72 Å². The predicted molar refractivity (Wildman–Crippen MR) is 133 cm³/mol. The molecule has 1 N–H and O–H groups in total. The highest BCUT2D eigenvalue weighted by molar-refractivity contribution is 7.89. The first-order chi connectivity index (χ1) is 16.1. The summed E-state index contributed by atoms with van der Waals surface area (Å²) in [5.41, 5.74) is 1.77. The van der Waals surface area contributed by atoms with Gasteiger partial charge in [0, 0.05) is 28.6 Å². The van der Waals surface area contributed by atoms with Crippen molar-refractivity contribution >= 4 is 61.9 Å². The minimum atomic E-state index is -4.00. The molecule has 34 heavy (non-hydrogen) atoms. The lowest BCUT2D eigenvalue weighted by Gasteiger charge is -2.25. The highest BCUT2D eigenvalue weighted by Gasteiger charge is 2.31. The maximum Gasteiger partial charge on any atom is 0.270 e. The predicted octanol–water partition coefficient (Wildman–Crippen LogP) is 5.84. The van der Waals surface area contributed by atoms with Crippen molar-refractivity contribution in [3.8, 4) is 0 Å². The third kappa shape index (κ3) is 5.34. The second kappa shape index (κ2) is 9.89. The zero-order valence-electron chi connectivity index (χ0n) is 17.4. The van der Waals surface area contributed by atoms with Crippen LogP contribution in [-0.4, -0.2) is 25.6 Å². The molecule has 0 unspecified atom stereocenters. The van der Waals surface area contributed by atoms with Crippen molar-refractivity contribution in [1.29, 1.82) is 0 Å². The van der Waals surface area contributed by atoms with E-state index >= 15 is 0 Å². The molecule has 176 valence electrons. The first-order valence-electron chi connectivity index (χ1n) is 9.94.